The van der Waals surface area contributed by atoms with E-state index in [0.717, 1.165) is 13.8 Å². The minimum Gasteiger partial charge on any atom is -0.463 e. The Balaban J connectivity index is 3.28. The summed E-state index contributed by atoms with van der Waals surface area (Å²) >= 11 is 0. The first-order valence-electron chi connectivity index (χ1n) is 9.38. The van der Waals surface area contributed by atoms with Crippen molar-refractivity contribution in [3.05, 3.63) is 12.7 Å². The number of ether oxygens (including phenoxy) is 6. The average Bonchev–Trinajstić information content (AvgIpc) is 2.62. The van der Waals surface area contributed by atoms with Gasteiger partial charge in [-0.2, -0.15) is 0 Å². The first kappa shape index (κ1) is 25.4. The van der Waals surface area contributed by atoms with Crippen LogP contribution in [-0.4, -0.2) is 74.0 Å². The van der Waals surface area contributed by atoms with Crippen molar-refractivity contribution in [1.29, 1.82) is 0 Å². The van der Waals surface area contributed by atoms with Crippen molar-refractivity contribution in [2.24, 2.45) is 0 Å². The van der Waals surface area contributed by atoms with E-state index in [4.69, 9.17) is 28.4 Å². The molecule has 11 nitrogen and oxygen atoms in total. The van der Waals surface area contributed by atoms with Crippen LogP contribution < -0.4 is 5.32 Å². The molecular formula is C19H29NO10. The number of carbonyl (C=O) groups is 4. The van der Waals surface area contributed by atoms with Crippen LogP contribution in [-0.2, 0) is 42.8 Å². The Morgan fingerprint density at radius 1 is 1.00 bits per heavy atom. The molecule has 1 fully saturated rings. The fraction of sp³-hybridized carbons (Fsp3) is 0.684. The quantitative estimate of drug-likeness (QED) is 0.318. The van der Waals surface area contributed by atoms with Crippen LogP contribution >= 0.6 is 0 Å². The first-order valence-corrected chi connectivity index (χ1v) is 9.38. The van der Waals surface area contributed by atoms with Gasteiger partial charge in [-0.15, -0.1) is 0 Å². The van der Waals surface area contributed by atoms with E-state index >= 15 is 0 Å². The molecule has 0 saturated carbocycles. The standard InChI is InChI=1S/C19H29NO10/c1-7-8-25-19(24)20-15-17(29-13(6)23)16(28-12(5)22)14(9-26-11(4)21)30-18(15)27-10(2)3/h7,10,14-18H,1,8-9H2,2-6H3,(H,20,24)/t14-,15-,16-,17-,18+/m1/s1. The zero-order valence-corrected chi connectivity index (χ0v) is 17.7. The van der Waals surface area contributed by atoms with Crippen molar-refractivity contribution in [3.8, 4) is 0 Å². The van der Waals surface area contributed by atoms with Crippen LogP contribution in [0.4, 0.5) is 4.79 Å². The molecule has 0 aromatic heterocycles. The monoisotopic (exact) mass is 431 g/mol. The molecule has 0 bridgehead atoms. The SMILES string of the molecule is C=CCOC(=O)N[C@H]1[C@@H](OC(C)C)O[C@H](COC(C)=O)[C@@H](OC(C)=O)[C@@H]1OC(C)=O. The van der Waals surface area contributed by atoms with E-state index in [0.29, 0.717) is 0 Å². The smallest absolute Gasteiger partial charge is 0.407 e. The summed E-state index contributed by atoms with van der Waals surface area (Å²) in [7, 11) is 0. The van der Waals surface area contributed by atoms with Crippen LogP contribution in [0.15, 0.2) is 12.7 Å². The van der Waals surface area contributed by atoms with Gasteiger partial charge in [-0.05, 0) is 13.8 Å². The summed E-state index contributed by atoms with van der Waals surface area (Å²) < 4.78 is 32.1. The van der Waals surface area contributed by atoms with Crippen molar-refractivity contribution in [2.75, 3.05) is 13.2 Å². The Hall–Kier alpha value is -2.66. The van der Waals surface area contributed by atoms with Gasteiger partial charge in [0.05, 0.1) is 6.10 Å². The molecule has 0 radical (unpaired) electrons. The van der Waals surface area contributed by atoms with Gasteiger partial charge >= 0.3 is 24.0 Å². The molecule has 1 aliphatic heterocycles. The van der Waals surface area contributed by atoms with Crippen LogP contribution in [0.1, 0.15) is 34.6 Å². The van der Waals surface area contributed by atoms with E-state index in [9.17, 15) is 19.2 Å². The molecule has 1 amide bonds. The van der Waals surface area contributed by atoms with Crippen molar-refractivity contribution >= 4 is 24.0 Å². The van der Waals surface area contributed by atoms with Gasteiger partial charge in [-0.3, -0.25) is 14.4 Å². The maximum Gasteiger partial charge on any atom is 0.407 e. The molecule has 0 aromatic rings. The summed E-state index contributed by atoms with van der Waals surface area (Å²) in [6, 6.07) is -1.09. The summed E-state index contributed by atoms with van der Waals surface area (Å²) in [5.74, 6) is -1.97. The summed E-state index contributed by atoms with van der Waals surface area (Å²) in [5.41, 5.74) is 0. The highest BCUT2D eigenvalue weighted by Gasteiger charge is 2.51. The third-order valence-electron chi connectivity index (χ3n) is 3.72. The summed E-state index contributed by atoms with van der Waals surface area (Å²) in [6.07, 6.45) is -4.37. The van der Waals surface area contributed by atoms with Gasteiger partial charge in [0.1, 0.15) is 25.4 Å². The Bertz CT molecular complexity index is 635. The van der Waals surface area contributed by atoms with Crippen LogP contribution in [0.2, 0.25) is 0 Å². The van der Waals surface area contributed by atoms with E-state index in [1.165, 1.54) is 13.0 Å². The van der Waals surface area contributed by atoms with Gasteiger partial charge in [-0.1, -0.05) is 12.7 Å². The number of hydrogen-bond donors (Lipinski definition) is 1. The number of alkyl carbamates (subject to hydrolysis) is 1. The summed E-state index contributed by atoms with van der Waals surface area (Å²) in [6.45, 7) is 10.1. The highest BCUT2D eigenvalue weighted by atomic mass is 16.7. The molecule has 11 heteroatoms. The minimum atomic E-state index is -1.21. The van der Waals surface area contributed by atoms with Crippen LogP contribution in [0, 0.1) is 0 Å². The lowest BCUT2D eigenvalue weighted by Gasteiger charge is -2.45. The predicted octanol–water partition coefficient (Wildman–Crippen LogP) is 0.844. The lowest BCUT2D eigenvalue weighted by molar-refractivity contribution is -0.284. The van der Waals surface area contributed by atoms with E-state index in [2.05, 4.69) is 11.9 Å². The Morgan fingerprint density at radius 2 is 1.60 bits per heavy atom. The van der Waals surface area contributed by atoms with Crippen molar-refractivity contribution in [3.63, 3.8) is 0 Å². The molecule has 5 atom stereocenters. The Morgan fingerprint density at radius 3 is 2.10 bits per heavy atom. The molecule has 0 aliphatic carbocycles. The fourth-order valence-corrected chi connectivity index (χ4v) is 2.75. The van der Waals surface area contributed by atoms with Crippen LogP contribution in [0.25, 0.3) is 0 Å². The highest BCUT2D eigenvalue weighted by molar-refractivity contribution is 5.69. The Labute approximate surface area is 174 Å². The fourth-order valence-electron chi connectivity index (χ4n) is 2.75. The molecule has 0 spiro atoms. The van der Waals surface area contributed by atoms with E-state index in [1.807, 2.05) is 0 Å². The molecule has 0 aromatic carbocycles. The second kappa shape index (κ2) is 12.1. The second-order valence-corrected chi connectivity index (χ2v) is 6.74. The van der Waals surface area contributed by atoms with Gasteiger partial charge in [0.25, 0.3) is 0 Å². The molecule has 1 N–H and O–H groups in total. The molecule has 1 saturated heterocycles. The van der Waals surface area contributed by atoms with Gasteiger partial charge in [0.15, 0.2) is 18.5 Å². The molecular weight excluding hydrogens is 402 g/mol. The number of carbonyl (C=O) groups excluding carboxylic acids is 4. The maximum atomic E-state index is 12.1. The number of rotatable bonds is 9. The molecule has 170 valence electrons. The largest absolute Gasteiger partial charge is 0.463 e. The van der Waals surface area contributed by atoms with Crippen molar-refractivity contribution in [2.45, 2.75) is 71.4 Å². The predicted molar refractivity (Wildman–Crippen MR) is 101 cm³/mol. The maximum absolute atomic E-state index is 12.1. The van der Waals surface area contributed by atoms with E-state index < -0.39 is 54.6 Å². The number of hydrogen-bond acceptors (Lipinski definition) is 10. The summed E-state index contributed by atoms with van der Waals surface area (Å²) in [4.78, 5) is 46.8. The van der Waals surface area contributed by atoms with Crippen LogP contribution in [0.3, 0.4) is 0 Å². The molecule has 1 aliphatic rings. The van der Waals surface area contributed by atoms with Crippen molar-refractivity contribution in [1.82, 2.24) is 5.32 Å². The number of amides is 1. The van der Waals surface area contributed by atoms with Crippen LogP contribution in [0.5, 0.6) is 0 Å². The lowest BCUT2D eigenvalue weighted by Crippen LogP contribution is -2.67. The number of esters is 3. The Kier molecular flexibility index (Phi) is 10.3. The topological polar surface area (TPSA) is 136 Å². The lowest BCUT2D eigenvalue weighted by atomic mass is 9.96. The molecule has 30 heavy (non-hydrogen) atoms. The first-order chi connectivity index (χ1) is 14.0. The normalized spacial score (nSPS) is 25.7. The number of nitrogens with one attached hydrogen (secondary N) is 1. The zero-order valence-electron chi connectivity index (χ0n) is 17.7. The van der Waals surface area contributed by atoms with E-state index in [1.54, 1.807) is 13.8 Å². The van der Waals surface area contributed by atoms with Gasteiger partial charge < -0.3 is 33.7 Å². The molecule has 1 heterocycles. The van der Waals surface area contributed by atoms with Gasteiger partial charge in [0, 0.05) is 20.8 Å². The average molecular weight is 431 g/mol. The van der Waals surface area contributed by atoms with Crippen molar-refractivity contribution < 1.29 is 47.6 Å². The third-order valence-corrected chi connectivity index (χ3v) is 3.72. The molecule has 0 unspecified atom stereocenters. The zero-order chi connectivity index (χ0) is 22.8. The third kappa shape index (κ3) is 8.37. The van der Waals surface area contributed by atoms with Gasteiger partial charge in [0.2, 0.25) is 0 Å². The molecule has 1 rings (SSSR count). The summed E-state index contributed by atoms with van der Waals surface area (Å²) in [5, 5.41) is 2.52. The highest BCUT2D eigenvalue weighted by Crippen LogP contribution is 2.28. The minimum absolute atomic E-state index is 0.0597. The van der Waals surface area contributed by atoms with E-state index in [-0.39, 0.29) is 19.3 Å². The second-order valence-electron chi connectivity index (χ2n) is 6.74. The van der Waals surface area contributed by atoms with Gasteiger partial charge in [-0.25, -0.2) is 4.79 Å².